The molecule has 0 atom stereocenters. The molecule has 3 heteroatoms. The van der Waals surface area contributed by atoms with Crippen LogP contribution in [0.4, 0.5) is 0 Å². The Morgan fingerprint density at radius 2 is 1.65 bits per heavy atom. The smallest absolute Gasteiger partial charge is 0.344 e. The SMILES string of the molecule is O=C(Oc1cccc(Cl)c1)c1cccc2ccccc12. The standard InChI is InChI=1S/C17H11ClO2/c18-13-7-4-8-14(11-13)20-17(19)16-10-3-6-12-5-1-2-9-15(12)16/h1-11H. The summed E-state index contributed by atoms with van der Waals surface area (Å²) in [5.41, 5.74) is 0.545. The Kier molecular flexibility index (Phi) is 3.40. The Morgan fingerprint density at radius 1 is 0.900 bits per heavy atom. The van der Waals surface area contributed by atoms with Crippen molar-refractivity contribution in [2.45, 2.75) is 0 Å². The van der Waals surface area contributed by atoms with Gasteiger partial charge in [0.25, 0.3) is 0 Å². The molecule has 0 heterocycles. The number of hydrogen-bond acceptors (Lipinski definition) is 2. The second-order valence-electron chi connectivity index (χ2n) is 4.37. The van der Waals surface area contributed by atoms with Gasteiger partial charge >= 0.3 is 5.97 Å². The van der Waals surface area contributed by atoms with Gasteiger partial charge in [-0.05, 0) is 35.0 Å². The summed E-state index contributed by atoms with van der Waals surface area (Å²) in [7, 11) is 0. The van der Waals surface area contributed by atoms with Crippen molar-refractivity contribution >= 4 is 28.3 Å². The molecule has 0 amide bonds. The number of carbonyl (C=O) groups is 1. The van der Waals surface area contributed by atoms with Crippen molar-refractivity contribution < 1.29 is 9.53 Å². The zero-order valence-electron chi connectivity index (χ0n) is 10.5. The molecule has 98 valence electrons. The molecule has 0 spiro atoms. The van der Waals surface area contributed by atoms with Gasteiger partial charge in [0.1, 0.15) is 5.75 Å². The maximum Gasteiger partial charge on any atom is 0.344 e. The van der Waals surface area contributed by atoms with Crippen LogP contribution in [-0.2, 0) is 0 Å². The minimum absolute atomic E-state index is 0.385. The first-order valence-corrected chi connectivity index (χ1v) is 6.57. The molecule has 0 saturated heterocycles. The van der Waals surface area contributed by atoms with Gasteiger partial charge in [-0.25, -0.2) is 4.79 Å². The van der Waals surface area contributed by atoms with Crippen molar-refractivity contribution in [2.24, 2.45) is 0 Å². The summed E-state index contributed by atoms with van der Waals surface area (Å²) in [4.78, 5) is 12.3. The highest BCUT2D eigenvalue weighted by Gasteiger charge is 2.12. The van der Waals surface area contributed by atoms with Gasteiger partial charge in [0.15, 0.2) is 0 Å². The third-order valence-electron chi connectivity index (χ3n) is 3.02. The van der Waals surface area contributed by atoms with E-state index in [9.17, 15) is 4.79 Å². The highest BCUT2D eigenvalue weighted by Crippen LogP contribution is 2.22. The average Bonchev–Trinajstić information content (AvgIpc) is 2.46. The molecule has 0 aliphatic heterocycles. The molecule has 3 rings (SSSR count). The van der Waals surface area contributed by atoms with Crippen LogP contribution in [0.1, 0.15) is 10.4 Å². The molecule has 20 heavy (non-hydrogen) atoms. The molecule has 2 nitrogen and oxygen atoms in total. The number of esters is 1. The summed E-state index contributed by atoms with van der Waals surface area (Å²) < 4.78 is 5.37. The molecule has 0 bridgehead atoms. The van der Waals surface area contributed by atoms with Crippen molar-refractivity contribution in [3.05, 3.63) is 77.3 Å². The number of carbonyl (C=O) groups excluding carboxylic acids is 1. The van der Waals surface area contributed by atoms with Crippen LogP contribution in [-0.4, -0.2) is 5.97 Å². The van der Waals surface area contributed by atoms with Gasteiger partial charge in [0.2, 0.25) is 0 Å². The van der Waals surface area contributed by atoms with Gasteiger partial charge in [0.05, 0.1) is 5.56 Å². The minimum Gasteiger partial charge on any atom is -0.423 e. The summed E-state index contributed by atoms with van der Waals surface area (Å²) in [6, 6.07) is 20.1. The Balaban J connectivity index is 1.97. The Hall–Kier alpha value is -2.32. The van der Waals surface area contributed by atoms with E-state index in [1.165, 1.54) is 0 Å². The van der Waals surface area contributed by atoms with E-state index in [0.29, 0.717) is 16.3 Å². The molecule has 3 aromatic carbocycles. The maximum atomic E-state index is 12.3. The van der Waals surface area contributed by atoms with E-state index >= 15 is 0 Å². The Bertz CT molecular complexity index is 775. The van der Waals surface area contributed by atoms with Crippen LogP contribution in [0.25, 0.3) is 10.8 Å². The van der Waals surface area contributed by atoms with Crippen molar-refractivity contribution in [1.29, 1.82) is 0 Å². The van der Waals surface area contributed by atoms with E-state index in [4.69, 9.17) is 16.3 Å². The first-order chi connectivity index (χ1) is 9.74. The summed E-state index contributed by atoms with van der Waals surface area (Å²) in [5.74, 6) is 0.0551. The normalized spacial score (nSPS) is 10.4. The van der Waals surface area contributed by atoms with Gasteiger partial charge in [0, 0.05) is 5.02 Å². The first kappa shape index (κ1) is 12.7. The summed E-state index contributed by atoms with van der Waals surface area (Å²) in [6.07, 6.45) is 0. The third kappa shape index (κ3) is 2.51. The second-order valence-corrected chi connectivity index (χ2v) is 4.81. The lowest BCUT2D eigenvalue weighted by Gasteiger charge is -2.07. The van der Waals surface area contributed by atoms with E-state index in [1.54, 1.807) is 30.3 Å². The van der Waals surface area contributed by atoms with E-state index in [2.05, 4.69) is 0 Å². The first-order valence-electron chi connectivity index (χ1n) is 6.19. The van der Waals surface area contributed by atoms with E-state index in [1.807, 2.05) is 36.4 Å². The molecular weight excluding hydrogens is 272 g/mol. The number of benzene rings is 3. The zero-order chi connectivity index (χ0) is 13.9. The third-order valence-corrected chi connectivity index (χ3v) is 3.25. The zero-order valence-corrected chi connectivity index (χ0v) is 11.3. The van der Waals surface area contributed by atoms with Gasteiger partial charge < -0.3 is 4.74 Å². The molecule has 3 aromatic rings. The summed E-state index contributed by atoms with van der Waals surface area (Å²) in [6.45, 7) is 0. The predicted molar refractivity (Wildman–Crippen MR) is 80.4 cm³/mol. The molecule has 0 unspecified atom stereocenters. The fraction of sp³-hybridized carbons (Fsp3) is 0. The Morgan fingerprint density at radius 3 is 2.50 bits per heavy atom. The van der Waals surface area contributed by atoms with Crippen LogP contribution < -0.4 is 4.74 Å². The van der Waals surface area contributed by atoms with Gasteiger partial charge in [-0.2, -0.15) is 0 Å². The molecule has 0 radical (unpaired) electrons. The van der Waals surface area contributed by atoms with Crippen LogP contribution in [0.2, 0.25) is 5.02 Å². The van der Waals surface area contributed by atoms with Gasteiger partial charge in [-0.3, -0.25) is 0 Å². The molecule has 0 fully saturated rings. The van der Waals surface area contributed by atoms with Crippen molar-refractivity contribution in [3.8, 4) is 5.75 Å². The Labute approximate surface area is 121 Å². The number of fused-ring (bicyclic) bond motifs is 1. The largest absolute Gasteiger partial charge is 0.423 e. The highest BCUT2D eigenvalue weighted by atomic mass is 35.5. The van der Waals surface area contributed by atoms with Gasteiger partial charge in [-0.1, -0.05) is 54.1 Å². The molecule has 0 aliphatic rings. The fourth-order valence-corrected chi connectivity index (χ4v) is 2.28. The van der Waals surface area contributed by atoms with Crippen LogP contribution in [0.15, 0.2) is 66.7 Å². The van der Waals surface area contributed by atoms with E-state index in [-0.39, 0.29) is 5.97 Å². The van der Waals surface area contributed by atoms with Crippen molar-refractivity contribution in [3.63, 3.8) is 0 Å². The topological polar surface area (TPSA) is 26.3 Å². The van der Waals surface area contributed by atoms with E-state index < -0.39 is 0 Å². The average molecular weight is 283 g/mol. The lowest BCUT2D eigenvalue weighted by Crippen LogP contribution is -2.08. The van der Waals surface area contributed by atoms with Crippen molar-refractivity contribution in [1.82, 2.24) is 0 Å². The van der Waals surface area contributed by atoms with Crippen molar-refractivity contribution in [2.75, 3.05) is 0 Å². The number of halogens is 1. The molecule has 0 N–H and O–H groups in total. The van der Waals surface area contributed by atoms with Crippen LogP contribution in [0, 0.1) is 0 Å². The highest BCUT2D eigenvalue weighted by molar-refractivity contribution is 6.30. The van der Waals surface area contributed by atoms with Crippen LogP contribution in [0.5, 0.6) is 5.75 Å². The van der Waals surface area contributed by atoms with Gasteiger partial charge in [-0.15, -0.1) is 0 Å². The molecule has 0 aliphatic carbocycles. The minimum atomic E-state index is -0.385. The number of ether oxygens (including phenoxy) is 1. The maximum absolute atomic E-state index is 12.3. The lowest BCUT2D eigenvalue weighted by molar-refractivity contribution is 0.0737. The number of rotatable bonds is 2. The predicted octanol–water partition coefficient (Wildman–Crippen LogP) is 4.71. The van der Waals surface area contributed by atoms with Crippen LogP contribution >= 0.6 is 11.6 Å². The monoisotopic (exact) mass is 282 g/mol. The second kappa shape index (κ2) is 5.35. The molecule has 0 aromatic heterocycles. The van der Waals surface area contributed by atoms with E-state index in [0.717, 1.165) is 10.8 Å². The van der Waals surface area contributed by atoms with Crippen LogP contribution in [0.3, 0.4) is 0 Å². The lowest BCUT2D eigenvalue weighted by atomic mass is 10.0. The molecule has 0 saturated carbocycles. The molecular formula is C17H11ClO2. The fourth-order valence-electron chi connectivity index (χ4n) is 2.10. The number of hydrogen-bond donors (Lipinski definition) is 0. The quantitative estimate of drug-likeness (QED) is 0.502. The summed E-state index contributed by atoms with van der Waals surface area (Å²) in [5, 5.41) is 2.42. The summed E-state index contributed by atoms with van der Waals surface area (Å²) >= 11 is 5.88.